The van der Waals surface area contributed by atoms with Gasteiger partial charge in [-0.2, -0.15) is 0 Å². The maximum Gasteiger partial charge on any atom is 0.270 e. The van der Waals surface area contributed by atoms with Gasteiger partial charge in [0.2, 0.25) is 0 Å². The van der Waals surface area contributed by atoms with Crippen LogP contribution >= 0.6 is 0 Å². The Morgan fingerprint density at radius 3 is 2.96 bits per heavy atom. The number of nitrogens with one attached hydrogen (secondary N) is 1. The predicted molar refractivity (Wildman–Crippen MR) is 92.0 cm³/mol. The number of hydrogen-bond acceptors (Lipinski definition) is 3. The highest BCUT2D eigenvalue weighted by Crippen LogP contribution is 2.25. The molecule has 1 aliphatic rings. The summed E-state index contributed by atoms with van der Waals surface area (Å²) in [5.41, 5.74) is 2.96. The maximum absolute atomic E-state index is 12.8. The Balaban J connectivity index is 1.55. The molecule has 0 saturated carbocycles. The molecule has 6 heteroatoms. The molecule has 3 heterocycles. The molecule has 2 aromatic heterocycles. The number of carbonyl (C=O) groups is 1. The minimum atomic E-state index is 0.0555. The number of aromatic amines is 1. The summed E-state index contributed by atoms with van der Waals surface area (Å²) in [6, 6.07) is 8.52. The first-order valence-electron chi connectivity index (χ1n) is 8.39. The average molecular weight is 323 g/mol. The van der Waals surface area contributed by atoms with Crippen molar-refractivity contribution in [2.45, 2.75) is 32.2 Å². The SMILES string of the molecule is CC(C)c1ccc2cc(C(=O)N3CCC(n4ccnn4)C3)[nH]c2c1. The van der Waals surface area contributed by atoms with Crippen LogP contribution in [0.25, 0.3) is 10.9 Å². The molecule has 3 aromatic rings. The molecule has 4 rings (SSSR count). The maximum atomic E-state index is 12.8. The van der Waals surface area contributed by atoms with E-state index in [1.807, 2.05) is 21.8 Å². The molecule has 1 atom stereocenters. The summed E-state index contributed by atoms with van der Waals surface area (Å²) < 4.78 is 1.84. The van der Waals surface area contributed by atoms with Gasteiger partial charge in [0, 0.05) is 30.2 Å². The van der Waals surface area contributed by atoms with Gasteiger partial charge in [-0.25, -0.2) is 4.68 Å². The molecule has 24 heavy (non-hydrogen) atoms. The molecule has 1 aromatic carbocycles. The van der Waals surface area contributed by atoms with Crippen molar-refractivity contribution in [2.75, 3.05) is 13.1 Å². The van der Waals surface area contributed by atoms with Gasteiger partial charge in [-0.1, -0.05) is 31.2 Å². The number of likely N-dealkylation sites (tertiary alicyclic amines) is 1. The van der Waals surface area contributed by atoms with Gasteiger partial charge >= 0.3 is 0 Å². The van der Waals surface area contributed by atoms with Crippen molar-refractivity contribution >= 4 is 16.8 Å². The number of rotatable bonds is 3. The summed E-state index contributed by atoms with van der Waals surface area (Å²) in [5.74, 6) is 0.527. The fourth-order valence-electron chi connectivity index (χ4n) is 3.34. The van der Waals surface area contributed by atoms with Gasteiger partial charge in [0.15, 0.2) is 0 Å². The number of H-pyrrole nitrogens is 1. The Kier molecular flexibility index (Phi) is 3.59. The van der Waals surface area contributed by atoms with Gasteiger partial charge in [0.05, 0.1) is 12.2 Å². The van der Waals surface area contributed by atoms with Crippen LogP contribution in [0.2, 0.25) is 0 Å². The van der Waals surface area contributed by atoms with E-state index in [-0.39, 0.29) is 11.9 Å². The number of amides is 1. The first-order valence-corrected chi connectivity index (χ1v) is 8.39. The second-order valence-electron chi connectivity index (χ2n) is 6.76. The minimum Gasteiger partial charge on any atom is -0.351 e. The molecule has 0 aliphatic carbocycles. The van der Waals surface area contributed by atoms with Crippen molar-refractivity contribution in [2.24, 2.45) is 0 Å². The Hall–Kier alpha value is -2.63. The Morgan fingerprint density at radius 1 is 1.33 bits per heavy atom. The van der Waals surface area contributed by atoms with E-state index >= 15 is 0 Å². The van der Waals surface area contributed by atoms with Crippen LogP contribution in [0.3, 0.4) is 0 Å². The molecule has 6 nitrogen and oxygen atoms in total. The van der Waals surface area contributed by atoms with Gasteiger partial charge in [0.25, 0.3) is 5.91 Å². The fourth-order valence-corrected chi connectivity index (χ4v) is 3.34. The van der Waals surface area contributed by atoms with Crippen LogP contribution in [0, 0.1) is 0 Å². The number of carbonyl (C=O) groups excluding carboxylic acids is 1. The number of aromatic nitrogens is 4. The lowest BCUT2D eigenvalue weighted by molar-refractivity contribution is 0.0782. The molecule has 1 unspecified atom stereocenters. The summed E-state index contributed by atoms with van der Waals surface area (Å²) >= 11 is 0. The molecule has 1 fully saturated rings. The predicted octanol–water partition coefficient (Wildman–Crippen LogP) is 2.97. The van der Waals surface area contributed by atoms with E-state index in [1.165, 1.54) is 5.56 Å². The molecular formula is C18H21N5O. The molecule has 0 bridgehead atoms. The standard InChI is InChI=1S/C18H21N5O/c1-12(2)13-3-4-14-10-17(20-16(14)9-13)18(24)22-7-5-15(11-22)23-8-6-19-21-23/h3-4,6,8-10,12,15,20H,5,7,11H2,1-2H3. The third-order valence-corrected chi connectivity index (χ3v) is 4.81. The number of hydrogen-bond donors (Lipinski definition) is 1. The molecule has 0 spiro atoms. The van der Waals surface area contributed by atoms with Crippen LogP contribution in [0.15, 0.2) is 36.7 Å². The summed E-state index contributed by atoms with van der Waals surface area (Å²) in [4.78, 5) is 18.0. The monoisotopic (exact) mass is 323 g/mol. The Morgan fingerprint density at radius 2 is 2.21 bits per heavy atom. The highest BCUT2D eigenvalue weighted by atomic mass is 16.2. The third-order valence-electron chi connectivity index (χ3n) is 4.81. The van der Waals surface area contributed by atoms with Gasteiger partial charge in [-0.3, -0.25) is 4.79 Å². The summed E-state index contributed by atoms with van der Waals surface area (Å²) in [5, 5.41) is 8.97. The van der Waals surface area contributed by atoms with Crippen molar-refractivity contribution in [3.05, 3.63) is 47.9 Å². The first-order chi connectivity index (χ1) is 11.6. The minimum absolute atomic E-state index is 0.0555. The molecule has 0 radical (unpaired) electrons. The van der Waals surface area contributed by atoms with E-state index in [9.17, 15) is 4.79 Å². The van der Waals surface area contributed by atoms with Gasteiger partial charge in [-0.15, -0.1) is 5.10 Å². The quantitative estimate of drug-likeness (QED) is 0.806. The summed E-state index contributed by atoms with van der Waals surface area (Å²) in [6.07, 6.45) is 4.44. The van der Waals surface area contributed by atoms with Crippen LogP contribution in [-0.4, -0.2) is 43.9 Å². The Labute approximate surface area is 140 Å². The highest BCUT2D eigenvalue weighted by Gasteiger charge is 2.29. The normalized spacial score (nSPS) is 18.0. The van der Waals surface area contributed by atoms with Crippen molar-refractivity contribution in [3.63, 3.8) is 0 Å². The lowest BCUT2D eigenvalue weighted by Gasteiger charge is -2.15. The Bertz CT molecular complexity index is 865. The van der Waals surface area contributed by atoms with Gasteiger partial charge in [-0.05, 0) is 30.0 Å². The van der Waals surface area contributed by atoms with Crippen molar-refractivity contribution in [1.29, 1.82) is 0 Å². The zero-order chi connectivity index (χ0) is 16.7. The van der Waals surface area contributed by atoms with Crippen molar-refractivity contribution in [1.82, 2.24) is 24.9 Å². The zero-order valence-electron chi connectivity index (χ0n) is 13.9. The first kappa shape index (κ1) is 14.9. The average Bonchev–Trinajstić information content (AvgIpc) is 3.31. The van der Waals surface area contributed by atoms with E-state index in [2.05, 4.69) is 47.3 Å². The van der Waals surface area contributed by atoms with Crippen molar-refractivity contribution < 1.29 is 4.79 Å². The fraction of sp³-hybridized carbons (Fsp3) is 0.389. The molecule has 1 aliphatic heterocycles. The molecular weight excluding hydrogens is 302 g/mol. The van der Waals surface area contributed by atoms with E-state index in [0.29, 0.717) is 18.2 Å². The van der Waals surface area contributed by atoms with E-state index in [1.54, 1.807) is 6.20 Å². The molecule has 1 saturated heterocycles. The molecule has 1 N–H and O–H groups in total. The summed E-state index contributed by atoms with van der Waals surface area (Å²) in [6.45, 7) is 5.76. The zero-order valence-corrected chi connectivity index (χ0v) is 13.9. The van der Waals surface area contributed by atoms with Gasteiger partial charge in [0.1, 0.15) is 5.69 Å². The van der Waals surface area contributed by atoms with Crippen LogP contribution < -0.4 is 0 Å². The largest absolute Gasteiger partial charge is 0.351 e. The third kappa shape index (κ3) is 2.58. The van der Waals surface area contributed by atoms with E-state index in [4.69, 9.17) is 0 Å². The van der Waals surface area contributed by atoms with Crippen LogP contribution in [0.1, 0.15) is 48.3 Å². The van der Waals surface area contributed by atoms with E-state index in [0.717, 1.165) is 23.9 Å². The second-order valence-corrected chi connectivity index (χ2v) is 6.76. The number of fused-ring (bicyclic) bond motifs is 1. The number of benzene rings is 1. The van der Waals surface area contributed by atoms with Crippen LogP contribution in [0.4, 0.5) is 0 Å². The molecule has 124 valence electrons. The van der Waals surface area contributed by atoms with Crippen LogP contribution in [-0.2, 0) is 0 Å². The second kappa shape index (κ2) is 5.78. The van der Waals surface area contributed by atoms with Crippen LogP contribution in [0.5, 0.6) is 0 Å². The van der Waals surface area contributed by atoms with E-state index < -0.39 is 0 Å². The highest BCUT2D eigenvalue weighted by molar-refractivity contribution is 5.98. The lowest BCUT2D eigenvalue weighted by Crippen LogP contribution is -2.29. The van der Waals surface area contributed by atoms with Gasteiger partial charge < -0.3 is 9.88 Å². The molecule has 1 amide bonds. The topological polar surface area (TPSA) is 66.8 Å². The summed E-state index contributed by atoms with van der Waals surface area (Å²) in [7, 11) is 0. The number of nitrogens with zero attached hydrogens (tertiary/aromatic N) is 4. The van der Waals surface area contributed by atoms with Crippen molar-refractivity contribution in [3.8, 4) is 0 Å². The lowest BCUT2D eigenvalue weighted by atomic mass is 10.0. The smallest absolute Gasteiger partial charge is 0.270 e.